The molecule has 4 aliphatic rings. The molecule has 6 nitrogen and oxygen atoms in total. The van der Waals surface area contributed by atoms with Crippen LogP contribution in [0.2, 0.25) is 0 Å². The number of fused-ring (bicyclic) bond motifs is 16. The highest BCUT2D eigenvalue weighted by Gasteiger charge is 2.57. The van der Waals surface area contributed by atoms with Crippen molar-refractivity contribution in [1.29, 1.82) is 0 Å². The molecule has 4 aliphatic carbocycles. The molecule has 16 aromatic carbocycles. The predicted molar refractivity (Wildman–Crippen MR) is 481 cm³/mol. The Hall–Kier alpha value is -14.3. The van der Waals surface area contributed by atoms with E-state index in [0.29, 0.717) is 11.5 Å². The number of hydrogen-bond donors (Lipinski definition) is 0. The maximum atomic E-state index is 15.6. The standard InChI is InChI=1S/C111H80F2N2O4/c1-7-69-25-47-83(48-26-69)116-85-51-33-73(34-52-85)110(71-29-37-75(112)38-30-71)95-21-13-9-17-87(95)89-55-41-77(61-99(89)110)114(81-43-57-93-91-19-11-15-23-103(91)118-105(93)65-81)79-45-59-97-101(63-79)109(67-107(97,3)4)68-108(5,6)98-60-46-80(64-102(98)109)115(82-44-58-94-92-20-12-16-24-104(92)119-106(94)66-82)78-42-56-90-88-18-10-14-22-96(88)111(100(90)62-78,72-31-39-76(113)40-32-72)74-35-53-86(54-36-74)117-84-49-27-70(8-2)28-50-84/h7-66H,1-2,67-68H2,3-6H3. The number of benzene rings is 16. The fraction of sp³-hybridized carbons (Fsp3) is 0.0991. The van der Waals surface area contributed by atoms with E-state index in [2.05, 4.69) is 257 Å². The van der Waals surface area contributed by atoms with Crippen molar-refractivity contribution in [2.75, 3.05) is 9.80 Å². The van der Waals surface area contributed by atoms with Gasteiger partial charge in [0.1, 0.15) is 57.0 Å². The van der Waals surface area contributed by atoms with Crippen LogP contribution in [0.4, 0.5) is 42.9 Å². The molecule has 18 aromatic rings. The molecule has 0 N–H and O–H groups in total. The molecule has 119 heavy (non-hydrogen) atoms. The minimum Gasteiger partial charge on any atom is -0.457 e. The lowest BCUT2D eigenvalue weighted by atomic mass is 9.67. The third-order valence-electron chi connectivity index (χ3n) is 26.1. The van der Waals surface area contributed by atoms with Gasteiger partial charge in [-0.15, -0.1) is 0 Å². The van der Waals surface area contributed by atoms with Gasteiger partial charge in [-0.3, -0.25) is 0 Å². The molecule has 8 heteroatoms. The number of halogens is 2. The van der Waals surface area contributed by atoms with Gasteiger partial charge in [0.05, 0.1) is 10.8 Å². The van der Waals surface area contributed by atoms with E-state index < -0.39 is 16.2 Å². The first-order chi connectivity index (χ1) is 58.1. The quantitative estimate of drug-likeness (QED) is 0.0961. The number of anilines is 6. The summed E-state index contributed by atoms with van der Waals surface area (Å²) in [6.07, 6.45) is 5.37. The van der Waals surface area contributed by atoms with E-state index in [1.165, 1.54) is 22.3 Å². The van der Waals surface area contributed by atoms with Crippen LogP contribution in [0.15, 0.2) is 374 Å². The molecule has 2 atom stereocenters. The zero-order valence-corrected chi connectivity index (χ0v) is 66.3. The van der Waals surface area contributed by atoms with Crippen molar-refractivity contribution in [3.05, 3.63) is 455 Å². The van der Waals surface area contributed by atoms with E-state index in [4.69, 9.17) is 18.3 Å². The van der Waals surface area contributed by atoms with Crippen molar-refractivity contribution in [2.45, 2.75) is 67.6 Å². The first-order valence-electron chi connectivity index (χ1n) is 40.8. The zero-order valence-electron chi connectivity index (χ0n) is 66.3. The first kappa shape index (κ1) is 71.2. The van der Waals surface area contributed by atoms with E-state index in [-0.39, 0.29) is 22.5 Å². The fourth-order valence-corrected chi connectivity index (χ4v) is 21.2. The number of hydrogen-bond acceptors (Lipinski definition) is 6. The normalized spacial score (nSPS) is 17.4. The minimum absolute atomic E-state index is 0.267. The topological polar surface area (TPSA) is 51.2 Å². The third-order valence-corrected chi connectivity index (χ3v) is 26.1. The van der Waals surface area contributed by atoms with Crippen molar-refractivity contribution >= 4 is 90.2 Å². The zero-order chi connectivity index (χ0) is 80.3. The third kappa shape index (κ3) is 11.0. The van der Waals surface area contributed by atoms with Crippen LogP contribution in [0.3, 0.4) is 0 Å². The van der Waals surface area contributed by atoms with Gasteiger partial charge >= 0.3 is 0 Å². The summed E-state index contributed by atoms with van der Waals surface area (Å²) >= 11 is 0. The van der Waals surface area contributed by atoms with Gasteiger partial charge in [-0.05, 0) is 282 Å². The van der Waals surface area contributed by atoms with Crippen LogP contribution < -0.4 is 19.3 Å². The smallest absolute Gasteiger partial charge is 0.137 e. The van der Waals surface area contributed by atoms with Crippen molar-refractivity contribution in [1.82, 2.24) is 0 Å². The molecule has 0 aliphatic heterocycles. The molecule has 2 aromatic heterocycles. The maximum Gasteiger partial charge on any atom is 0.137 e. The van der Waals surface area contributed by atoms with Gasteiger partial charge in [0.25, 0.3) is 0 Å². The largest absolute Gasteiger partial charge is 0.457 e. The van der Waals surface area contributed by atoms with E-state index >= 15 is 8.78 Å². The SMILES string of the molecule is C=Cc1ccc(Oc2ccc(C3(c4ccc(F)cc4)c4ccccc4-c4ccc(N(c5ccc6c(c5)C5(CC6(C)C)CC(C)(C)c6ccc(N(c7ccc8c(c7)C(c7ccc(F)cc7)(c7ccc(Oc9ccc(C=C)cc9)cc7)c7ccccc7-8)c7ccc8c(c7)oc7ccccc78)cc65)c5ccc6c(c5)oc5ccccc56)cc43)cc2)cc1. The fourth-order valence-electron chi connectivity index (χ4n) is 21.2. The second-order valence-corrected chi connectivity index (χ2v) is 33.8. The summed E-state index contributed by atoms with van der Waals surface area (Å²) in [5.41, 5.74) is 25.9. The molecular formula is C111H80F2N2O4. The van der Waals surface area contributed by atoms with Gasteiger partial charge in [-0.1, -0.05) is 235 Å². The van der Waals surface area contributed by atoms with Crippen molar-refractivity contribution in [3.63, 3.8) is 0 Å². The molecule has 22 rings (SSSR count). The molecule has 0 saturated carbocycles. The summed E-state index contributed by atoms with van der Waals surface area (Å²) in [4.78, 5) is 4.85. The van der Waals surface area contributed by atoms with Crippen LogP contribution in [0, 0.1) is 11.6 Å². The van der Waals surface area contributed by atoms with E-state index in [0.717, 1.165) is 180 Å². The molecule has 1 spiro atoms. The van der Waals surface area contributed by atoms with Gasteiger partial charge in [0.2, 0.25) is 0 Å². The summed E-state index contributed by atoms with van der Waals surface area (Å²) in [7, 11) is 0. The predicted octanol–water partition coefficient (Wildman–Crippen LogP) is 29.9. The molecule has 0 saturated heterocycles. The van der Waals surface area contributed by atoms with Crippen molar-refractivity contribution in [3.8, 4) is 45.3 Å². The average molecular weight is 1540 g/mol. The Kier molecular flexibility index (Phi) is 16.1. The van der Waals surface area contributed by atoms with Crippen molar-refractivity contribution in [2.24, 2.45) is 0 Å². The molecule has 0 fully saturated rings. The molecule has 0 bridgehead atoms. The van der Waals surface area contributed by atoms with Crippen LogP contribution >= 0.6 is 0 Å². The summed E-state index contributed by atoms with van der Waals surface area (Å²) in [6, 6.07) is 123. The van der Waals surface area contributed by atoms with E-state index in [9.17, 15) is 0 Å². The Morgan fingerprint density at radius 1 is 0.286 bits per heavy atom. The molecule has 2 heterocycles. The van der Waals surface area contributed by atoms with Crippen LogP contribution in [0.5, 0.6) is 23.0 Å². The second-order valence-electron chi connectivity index (χ2n) is 33.8. The highest BCUT2D eigenvalue weighted by molar-refractivity contribution is 6.08. The van der Waals surface area contributed by atoms with Gasteiger partial charge in [-0.2, -0.15) is 0 Å². The Balaban J connectivity index is 0.727. The van der Waals surface area contributed by atoms with E-state index in [1.807, 2.05) is 133 Å². The summed E-state index contributed by atoms with van der Waals surface area (Å²) in [6.45, 7) is 17.6. The molecule has 2 unspecified atom stereocenters. The Labute approximate surface area is 690 Å². The van der Waals surface area contributed by atoms with Crippen molar-refractivity contribution < 1.29 is 27.1 Å². The lowest BCUT2D eigenvalue weighted by Gasteiger charge is -2.35. The molecule has 572 valence electrons. The summed E-state index contributed by atoms with van der Waals surface area (Å²) in [5, 5.41) is 4.18. The molecule has 0 radical (unpaired) electrons. The highest BCUT2D eigenvalue weighted by atomic mass is 19.1. The van der Waals surface area contributed by atoms with Crippen LogP contribution in [0.1, 0.15) is 118 Å². The minimum atomic E-state index is -0.915. The van der Waals surface area contributed by atoms with Crippen LogP contribution in [-0.4, -0.2) is 0 Å². The number of ether oxygens (including phenoxy) is 2. The Bertz CT molecular complexity index is 6750. The van der Waals surface area contributed by atoms with Gasteiger partial charge in [0, 0.05) is 73.2 Å². The molecule has 0 amide bonds. The van der Waals surface area contributed by atoms with Gasteiger partial charge in [-0.25, -0.2) is 8.78 Å². The Morgan fingerprint density at radius 3 is 0.975 bits per heavy atom. The summed E-state index contributed by atoms with van der Waals surface area (Å²) in [5.74, 6) is 2.20. The molecular weight excluding hydrogens is 1460 g/mol. The number of nitrogens with zero attached hydrogens (tertiary/aromatic N) is 2. The first-order valence-corrected chi connectivity index (χ1v) is 40.8. The number of furan rings is 2. The number of rotatable bonds is 16. The summed E-state index contributed by atoms with van der Waals surface area (Å²) < 4.78 is 57.9. The lowest BCUT2D eigenvalue weighted by molar-refractivity contribution is 0.349. The average Bonchev–Trinajstić information content (AvgIpc) is 1.57. The van der Waals surface area contributed by atoms with Crippen LogP contribution in [0.25, 0.3) is 78.3 Å². The van der Waals surface area contributed by atoms with Crippen LogP contribution in [-0.2, 0) is 27.1 Å². The van der Waals surface area contributed by atoms with Gasteiger partial charge < -0.3 is 28.1 Å². The van der Waals surface area contributed by atoms with E-state index in [1.54, 1.807) is 24.3 Å². The highest BCUT2D eigenvalue weighted by Crippen LogP contribution is 2.66. The monoisotopic (exact) mass is 1540 g/mol. The second kappa shape index (κ2) is 26.9. The number of para-hydroxylation sites is 2. The lowest BCUT2D eigenvalue weighted by Crippen LogP contribution is -2.29. The Morgan fingerprint density at radius 2 is 0.588 bits per heavy atom. The van der Waals surface area contributed by atoms with Gasteiger partial charge in [0.15, 0.2) is 0 Å². The maximum absolute atomic E-state index is 15.6.